The number of ether oxygens (including phenoxy) is 1. The van der Waals surface area contributed by atoms with Crippen LogP contribution in [0.2, 0.25) is 5.02 Å². The minimum Gasteiger partial charge on any atom is -0.483 e. The summed E-state index contributed by atoms with van der Waals surface area (Å²) in [5.74, 6) is -0.891. The number of unbranched alkanes of at least 4 members (excludes halogenated alkanes) is 1. The van der Waals surface area contributed by atoms with Crippen LogP contribution >= 0.6 is 22.9 Å². The number of rotatable bonds is 12. The third-order valence-corrected chi connectivity index (χ3v) is 11.4. The summed E-state index contributed by atoms with van der Waals surface area (Å²) in [6.45, 7) is 6.34. The van der Waals surface area contributed by atoms with Gasteiger partial charge in [0.25, 0.3) is 17.7 Å². The van der Waals surface area contributed by atoms with Crippen molar-refractivity contribution in [1.29, 1.82) is 0 Å². The third-order valence-electron chi connectivity index (χ3n) is 9.92. The van der Waals surface area contributed by atoms with E-state index < -0.39 is 42.6 Å². The molecule has 15 nitrogen and oxygen atoms in total. The van der Waals surface area contributed by atoms with Gasteiger partial charge in [0.15, 0.2) is 12.4 Å². The zero-order valence-corrected chi connectivity index (χ0v) is 31.9. The van der Waals surface area contributed by atoms with Gasteiger partial charge in [-0.25, -0.2) is 0 Å². The van der Waals surface area contributed by atoms with Gasteiger partial charge in [0.2, 0.25) is 11.8 Å². The molecule has 4 N–H and O–H groups in total. The molecule has 17 heteroatoms. The Kier molecular flexibility index (Phi) is 10.8. The highest BCUT2D eigenvalue weighted by Crippen LogP contribution is 2.40. The number of aliphatic hydroxyl groups is 1. The number of aliphatic hydroxyl groups excluding tert-OH is 1. The first-order chi connectivity index (χ1) is 26.4. The number of aromatic nitrogens is 3. The average molecular weight is 787 g/mol. The minimum absolute atomic E-state index is 0.00700. The lowest BCUT2D eigenvalue weighted by atomic mass is 9.99. The molecule has 3 aliphatic heterocycles. The topological polar surface area (TPSA) is 197 Å². The van der Waals surface area contributed by atoms with Crippen LogP contribution in [0, 0.1) is 20.8 Å². The van der Waals surface area contributed by atoms with Crippen molar-refractivity contribution in [2.24, 2.45) is 4.99 Å². The van der Waals surface area contributed by atoms with E-state index in [1.165, 1.54) is 12.1 Å². The molecule has 3 aliphatic rings. The Morgan fingerprint density at radius 3 is 2.44 bits per heavy atom. The molecular weight excluding hydrogens is 748 g/mol. The SMILES string of the molecule is Cc1sc2c(c1C)C(c1ccc(Cl)cc1)=N[C@@H](CC(=O)NCCCCNC(=O)COc1cccc3c1C(=O)N(C1CCC(=O)NC1O)C3=O)c1nnc(C)n1-2. The van der Waals surface area contributed by atoms with Gasteiger partial charge < -0.3 is 25.8 Å². The number of benzene rings is 2. The Morgan fingerprint density at radius 1 is 0.982 bits per heavy atom. The molecule has 55 heavy (non-hydrogen) atoms. The highest BCUT2D eigenvalue weighted by molar-refractivity contribution is 7.15. The summed E-state index contributed by atoms with van der Waals surface area (Å²) >= 11 is 7.85. The maximum absolute atomic E-state index is 13.3. The van der Waals surface area contributed by atoms with Crippen molar-refractivity contribution in [3.8, 4) is 10.8 Å². The number of carbonyl (C=O) groups is 5. The standard InChI is InChI=1S/C38H39ClN8O7S/c1-19-20(2)55-38-31(19)33(22-9-11-23(39)12-10-22)42-25(34-45-44-21(3)46(34)38)17-29(49)40-15-4-5-16-41-30(50)18-54-27-8-6-7-24-32(27)37(53)47(36(24)52)26-13-14-28(48)43-35(26)51/h6-12,25-26,35,51H,4-5,13-18H2,1-3H3,(H,40,49)(H,41,50)(H,43,48)/t25-,26?,35?/m0/s1. The van der Waals surface area contributed by atoms with Gasteiger partial charge in [0.05, 0.1) is 29.3 Å². The maximum atomic E-state index is 13.3. The van der Waals surface area contributed by atoms with Crippen LogP contribution in [0.25, 0.3) is 5.00 Å². The number of nitrogens with one attached hydrogen (secondary N) is 3. The Bertz CT molecular complexity index is 2230. The lowest BCUT2D eigenvalue weighted by Crippen LogP contribution is -2.57. The summed E-state index contributed by atoms with van der Waals surface area (Å²) in [7, 11) is 0. The molecule has 2 aromatic heterocycles. The molecule has 2 aromatic carbocycles. The molecule has 7 rings (SSSR count). The van der Waals surface area contributed by atoms with Crippen LogP contribution in [0.3, 0.4) is 0 Å². The first-order valence-corrected chi connectivity index (χ1v) is 19.1. The molecular formula is C38H39ClN8O7S. The number of aliphatic imine (C=N–C) groups is 1. The molecule has 5 heterocycles. The third kappa shape index (κ3) is 7.49. The van der Waals surface area contributed by atoms with E-state index in [1.54, 1.807) is 17.4 Å². The van der Waals surface area contributed by atoms with Crippen molar-refractivity contribution in [3.05, 3.63) is 91.8 Å². The molecule has 3 atom stereocenters. The van der Waals surface area contributed by atoms with Gasteiger partial charge in [-0.05, 0) is 69.9 Å². The van der Waals surface area contributed by atoms with Crippen LogP contribution in [-0.4, -0.2) is 92.0 Å². The van der Waals surface area contributed by atoms with Gasteiger partial charge in [0.1, 0.15) is 28.8 Å². The minimum atomic E-state index is -1.38. The van der Waals surface area contributed by atoms with Gasteiger partial charge in [-0.3, -0.25) is 38.4 Å². The molecule has 0 spiro atoms. The number of thiophene rings is 1. The fourth-order valence-corrected chi connectivity index (χ4v) is 8.35. The molecule has 286 valence electrons. The number of carbonyl (C=O) groups excluding carboxylic acids is 5. The second-order valence-corrected chi connectivity index (χ2v) is 15.2. The van der Waals surface area contributed by atoms with Crippen LogP contribution in [0.15, 0.2) is 47.5 Å². The zero-order chi connectivity index (χ0) is 39.0. The van der Waals surface area contributed by atoms with Crippen molar-refractivity contribution < 1.29 is 33.8 Å². The van der Waals surface area contributed by atoms with Gasteiger partial charge in [0, 0.05) is 40.5 Å². The largest absolute Gasteiger partial charge is 0.483 e. The normalized spacial score (nSPS) is 18.9. The summed E-state index contributed by atoms with van der Waals surface area (Å²) in [6.07, 6.45) is 0.0314. The van der Waals surface area contributed by atoms with Crippen LogP contribution in [0.5, 0.6) is 5.75 Å². The summed E-state index contributed by atoms with van der Waals surface area (Å²) < 4.78 is 7.67. The number of halogens is 1. The number of amides is 5. The summed E-state index contributed by atoms with van der Waals surface area (Å²) in [6, 6.07) is 10.5. The molecule has 0 saturated carbocycles. The van der Waals surface area contributed by atoms with Gasteiger partial charge in [-0.1, -0.05) is 29.8 Å². The number of nitrogens with zero attached hydrogens (tertiary/aromatic N) is 5. The Hall–Kier alpha value is -5.45. The molecule has 2 unspecified atom stereocenters. The molecule has 4 aromatic rings. The second kappa shape index (κ2) is 15.7. The van der Waals surface area contributed by atoms with Crippen molar-refractivity contribution >= 4 is 58.2 Å². The van der Waals surface area contributed by atoms with Crippen molar-refractivity contribution in [2.45, 2.75) is 71.2 Å². The highest BCUT2D eigenvalue weighted by atomic mass is 35.5. The van der Waals surface area contributed by atoms with E-state index in [2.05, 4.69) is 40.0 Å². The lowest BCUT2D eigenvalue weighted by Gasteiger charge is -2.33. The number of hydrogen-bond acceptors (Lipinski definition) is 11. The fraction of sp³-hybridized carbons (Fsp3) is 0.368. The number of hydrogen-bond donors (Lipinski definition) is 4. The van der Waals surface area contributed by atoms with Crippen molar-refractivity contribution in [3.63, 3.8) is 0 Å². The first-order valence-electron chi connectivity index (χ1n) is 17.9. The van der Waals surface area contributed by atoms with E-state index in [4.69, 9.17) is 21.3 Å². The van der Waals surface area contributed by atoms with E-state index in [-0.39, 0.29) is 48.0 Å². The predicted octanol–water partition coefficient (Wildman–Crippen LogP) is 3.47. The average Bonchev–Trinajstić information content (AvgIpc) is 3.73. The van der Waals surface area contributed by atoms with E-state index in [0.717, 1.165) is 37.2 Å². The number of imide groups is 1. The monoisotopic (exact) mass is 786 g/mol. The van der Waals surface area contributed by atoms with Gasteiger partial charge in [-0.2, -0.15) is 0 Å². The molecule has 1 saturated heterocycles. The molecule has 0 aliphatic carbocycles. The summed E-state index contributed by atoms with van der Waals surface area (Å²) in [5, 5.41) is 28.8. The number of fused-ring (bicyclic) bond motifs is 4. The Labute approximate surface area is 325 Å². The quantitative estimate of drug-likeness (QED) is 0.123. The second-order valence-electron chi connectivity index (χ2n) is 13.6. The van der Waals surface area contributed by atoms with E-state index in [0.29, 0.717) is 42.6 Å². The number of piperidine rings is 1. The van der Waals surface area contributed by atoms with Crippen LogP contribution < -0.4 is 20.7 Å². The fourth-order valence-electron chi connectivity index (χ4n) is 7.01. The summed E-state index contributed by atoms with van der Waals surface area (Å²) in [5.41, 5.74) is 3.85. The summed E-state index contributed by atoms with van der Waals surface area (Å²) in [4.78, 5) is 71.1. The molecule has 0 bridgehead atoms. The Morgan fingerprint density at radius 2 is 1.71 bits per heavy atom. The lowest BCUT2D eigenvalue weighted by molar-refractivity contribution is -0.129. The molecule has 0 radical (unpaired) electrons. The van der Waals surface area contributed by atoms with Crippen molar-refractivity contribution in [2.75, 3.05) is 19.7 Å². The smallest absolute Gasteiger partial charge is 0.265 e. The molecule has 5 amide bonds. The Balaban J connectivity index is 0.905. The zero-order valence-electron chi connectivity index (χ0n) is 30.3. The van der Waals surface area contributed by atoms with Crippen molar-refractivity contribution in [1.82, 2.24) is 35.6 Å². The van der Waals surface area contributed by atoms with E-state index in [1.807, 2.05) is 35.8 Å². The van der Waals surface area contributed by atoms with E-state index >= 15 is 0 Å². The van der Waals surface area contributed by atoms with Gasteiger partial charge >= 0.3 is 0 Å². The molecule has 1 fully saturated rings. The first kappa shape index (κ1) is 37.8. The highest BCUT2D eigenvalue weighted by Gasteiger charge is 2.46. The maximum Gasteiger partial charge on any atom is 0.265 e. The van der Waals surface area contributed by atoms with E-state index in [9.17, 15) is 29.1 Å². The predicted molar refractivity (Wildman–Crippen MR) is 203 cm³/mol. The number of aryl methyl sites for hydroxylation is 2. The van der Waals surface area contributed by atoms with Crippen LogP contribution in [-0.2, 0) is 14.4 Å². The van der Waals surface area contributed by atoms with Crippen LogP contribution in [0.4, 0.5) is 0 Å². The van der Waals surface area contributed by atoms with Gasteiger partial charge in [-0.15, -0.1) is 21.5 Å². The van der Waals surface area contributed by atoms with Crippen LogP contribution in [0.1, 0.15) is 92.1 Å².